The summed E-state index contributed by atoms with van der Waals surface area (Å²) < 4.78 is 5.32. The van der Waals surface area contributed by atoms with Gasteiger partial charge in [-0.2, -0.15) is 0 Å². The molecular formula is C18H15Cl2N3O2. The van der Waals surface area contributed by atoms with E-state index in [9.17, 15) is 4.79 Å². The monoisotopic (exact) mass is 375 g/mol. The van der Waals surface area contributed by atoms with E-state index in [4.69, 9.17) is 27.6 Å². The third-order valence-corrected chi connectivity index (χ3v) is 5.03. The molecule has 0 amide bonds. The van der Waals surface area contributed by atoms with Crippen molar-refractivity contribution in [3.05, 3.63) is 73.8 Å². The van der Waals surface area contributed by atoms with Gasteiger partial charge in [-0.1, -0.05) is 29.3 Å². The molecule has 0 bridgehead atoms. The number of rotatable bonds is 3. The highest BCUT2D eigenvalue weighted by Gasteiger charge is 2.22. The van der Waals surface area contributed by atoms with Gasteiger partial charge in [-0.05, 0) is 29.8 Å². The van der Waals surface area contributed by atoms with Crippen LogP contribution in [0.4, 0.5) is 0 Å². The highest BCUT2D eigenvalue weighted by atomic mass is 35.5. The Bertz CT molecular complexity index is 967. The number of nitrogens with one attached hydrogen (secondary N) is 1. The number of aromatic nitrogens is 2. The zero-order valence-electron chi connectivity index (χ0n) is 13.3. The molecule has 2 aromatic heterocycles. The summed E-state index contributed by atoms with van der Waals surface area (Å²) in [5.74, 6) is 1.05. The van der Waals surface area contributed by atoms with E-state index in [0.717, 1.165) is 17.8 Å². The maximum Gasteiger partial charge on any atom is 0.256 e. The molecule has 128 valence electrons. The van der Waals surface area contributed by atoms with Gasteiger partial charge in [0, 0.05) is 26.1 Å². The average Bonchev–Trinajstić information content (AvgIpc) is 3.13. The van der Waals surface area contributed by atoms with Gasteiger partial charge in [-0.25, -0.2) is 4.98 Å². The van der Waals surface area contributed by atoms with Crippen LogP contribution in [-0.4, -0.2) is 21.4 Å². The fourth-order valence-electron chi connectivity index (χ4n) is 3.04. The number of hydrogen-bond donors (Lipinski definition) is 1. The predicted octanol–water partition coefficient (Wildman–Crippen LogP) is 3.90. The molecular weight excluding hydrogens is 361 g/mol. The van der Waals surface area contributed by atoms with Crippen molar-refractivity contribution in [2.24, 2.45) is 0 Å². The minimum Gasteiger partial charge on any atom is -0.461 e. The Labute approximate surface area is 154 Å². The fraction of sp³-hybridized carbons (Fsp3) is 0.222. The highest BCUT2D eigenvalue weighted by molar-refractivity contribution is 6.42. The summed E-state index contributed by atoms with van der Waals surface area (Å²) in [6, 6.07) is 9.16. The van der Waals surface area contributed by atoms with Crippen molar-refractivity contribution in [3.8, 4) is 11.6 Å². The van der Waals surface area contributed by atoms with Crippen molar-refractivity contribution in [2.75, 3.05) is 6.54 Å². The van der Waals surface area contributed by atoms with Crippen LogP contribution >= 0.6 is 23.2 Å². The van der Waals surface area contributed by atoms with Crippen molar-refractivity contribution < 1.29 is 4.42 Å². The molecule has 0 fully saturated rings. The number of nitrogens with zero attached hydrogens (tertiary/aromatic N) is 2. The summed E-state index contributed by atoms with van der Waals surface area (Å²) in [6.07, 6.45) is 2.28. The molecule has 25 heavy (non-hydrogen) atoms. The van der Waals surface area contributed by atoms with E-state index in [2.05, 4.69) is 14.9 Å². The summed E-state index contributed by atoms with van der Waals surface area (Å²) in [5, 5.41) is 1.08. The second-order valence-electron chi connectivity index (χ2n) is 6.03. The van der Waals surface area contributed by atoms with Crippen molar-refractivity contribution >= 4 is 23.2 Å². The van der Waals surface area contributed by atoms with E-state index >= 15 is 0 Å². The van der Waals surface area contributed by atoms with Crippen LogP contribution in [0, 0.1) is 0 Å². The minimum atomic E-state index is -0.116. The molecule has 0 spiro atoms. The molecule has 0 atom stereocenters. The van der Waals surface area contributed by atoms with Crippen LogP contribution in [-0.2, 0) is 19.5 Å². The normalized spacial score (nSPS) is 14.5. The summed E-state index contributed by atoms with van der Waals surface area (Å²) in [4.78, 5) is 22.1. The van der Waals surface area contributed by atoms with Crippen molar-refractivity contribution in [1.82, 2.24) is 14.9 Å². The molecule has 5 nitrogen and oxygen atoms in total. The standard InChI is InChI=1S/C18H15Cl2N3O2/c19-13-4-3-11(8-14(13)20)9-23-6-5-15-12(10-23)18(24)22-17(21-15)16-2-1-7-25-16/h1-4,7-8H,5-6,9-10H2,(H,21,22,24). The minimum absolute atomic E-state index is 0.116. The molecule has 0 radical (unpaired) electrons. The van der Waals surface area contributed by atoms with Crippen LogP contribution in [0.15, 0.2) is 45.8 Å². The van der Waals surface area contributed by atoms with Crippen LogP contribution < -0.4 is 5.56 Å². The average molecular weight is 376 g/mol. The van der Waals surface area contributed by atoms with E-state index in [-0.39, 0.29) is 5.56 Å². The molecule has 4 rings (SSSR count). The van der Waals surface area contributed by atoms with Gasteiger partial charge in [0.25, 0.3) is 5.56 Å². The van der Waals surface area contributed by atoms with E-state index in [0.29, 0.717) is 46.7 Å². The van der Waals surface area contributed by atoms with Crippen LogP contribution in [0.2, 0.25) is 10.0 Å². The fourth-order valence-corrected chi connectivity index (χ4v) is 3.36. The van der Waals surface area contributed by atoms with Gasteiger partial charge in [0.1, 0.15) is 0 Å². The summed E-state index contributed by atoms with van der Waals surface area (Å²) in [5.41, 5.74) is 2.49. The van der Waals surface area contributed by atoms with E-state index < -0.39 is 0 Å². The summed E-state index contributed by atoms with van der Waals surface area (Å²) >= 11 is 12.0. The Balaban J connectivity index is 1.57. The molecule has 7 heteroatoms. The number of H-pyrrole nitrogens is 1. The van der Waals surface area contributed by atoms with Crippen LogP contribution in [0.5, 0.6) is 0 Å². The maximum absolute atomic E-state index is 12.5. The number of aromatic amines is 1. The molecule has 3 heterocycles. The predicted molar refractivity (Wildman–Crippen MR) is 96.8 cm³/mol. The van der Waals surface area contributed by atoms with Crippen LogP contribution in [0.3, 0.4) is 0 Å². The second-order valence-corrected chi connectivity index (χ2v) is 6.84. The lowest BCUT2D eigenvalue weighted by Gasteiger charge is -2.27. The maximum atomic E-state index is 12.5. The Kier molecular flexibility index (Phi) is 4.37. The van der Waals surface area contributed by atoms with Gasteiger partial charge in [0.05, 0.1) is 27.6 Å². The Morgan fingerprint density at radius 1 is 1.24 bits per heavy atom. The molecule has 0 unspecified atom stereocenters. The molecule has 0 saturated heterocycles. The highest BCUT2D eigenvalue weighted by Crippen LogP contribution is 2.25. The third-order valence-electron chi connectivity index (χ3n) is 4.29. The molecule has 0 saturated carbocycles. The van der Waals surface area contributed by atoms with Gasteiger partial charge in [0.15, 0.2) is 11.6 Å². The first-order chi connectivity index (χ1) is 12.1. The summed E-state index contributed by atoms with van der Waals surface area (Å²) in [7, 11) is 0. The number of halogens is 2. The van der Waals surface area contributed by atoms with E-state index in [1.807, 2.05) is 12.1 Å². The Morgan fingerprint density at radius 2 is 2.12 bits per heavy atom. The van der Waals surface area contributed by atoms with Gasteiger partial charge < -0.3 is 9.40 Å². The number of fused-ring (bicyclic) bond motifs is 1. The quantitative estimate of drug-likeness (QED) is 0.753. The van der Waals surface area contributed by atoms with Gasteiger partial charge in [-0.15, -0.1) is 0 Å². The van der Waals surface area contributed by atoms with Gasteiger partial charge >= 0.3 is 0 Å². The Hall–Kier alpha value is -2.08. The lowest BCUT2D eigenvalue weighted by Crippen LogP contribution is -2.35. The molecule has 1 N–H and O–H groups in total. The second kappa shape index (κ2) is 6.67. The molecule has 1 aliphatic rings. The van der Waals surface area contributed by atoms with Crippen molar-refractivity contribution in [3.63, 3.8) is 0 Å². The first kappa shape index (κ1) is 16.4. The van der Waals surface area contributed by atoms with Crippen molar-refractivity contribution in [2.45, 2.75) is 19.5 Å². The number of hydrogen-bond acceptors (Lipinski definition) is 4. The Morgan fingerprint density at radius 3 is 2.88 bits per heavy atom. The third kappa shape index (κ3) is 3.35. The molecule has 1 aliphatic heterocycles. The van der Waals surface area contributed by atoms with Crippen molar-refractivity contribution in [1.29, 1.82) is 0 Å². The van der Waals surface area contributed by atoms with Crippen LogP contribution in [0.1, 0.15) is 16.8 Å². The SMILES string of the molecule is O=c1[nH]c(-c2ccco2)nc2c1CN(Cc1ccc(Cl)c(Cl)c1)CC2. The molecule has 0 aliphatic carbocycles. The number of benzene rings is 1. The topological polar surface area (TPSA) is 62.1 Å². The van der Waals surface area contributed by atoms with Gasteiger partial charge in [0.2, 0.25) is 0 Å². The van der Waals surface area contributed by atoms with E-state index in [1.54, 1.807) is 24.5 Å². The smallest absolute Gasteiger partial charge is 0.256 e. The first-order valence-corrected chi connectivity index (χ1v) is 8.68. The first-order valence-electron chi connectivity index (χ1n) is 7.92. The largest absolute Gasteiger partial charge is 0.461 e. The lowest BCUT2D eigenvalue weighted by atomic mass is 10.1. The van der Waals surface area contributed by atoms with Crippen LogP contribution in [0.25, 0.3) is 11.6 Å². The summed E-state index contributed by atoms with van der Waals surface area (Å²) in [6.45, 7) is 2.08. The zero-order chi connectivity index (χ0) is 17.4. The zero-order valence-corrected chi connectivity index (χ0v) is 14.8. The van der Waals surface area contributed by atoms with E-state index in [1.165, 1.54) is 0 Å². The lowest BCUT2D eigenvalue weighted by molar-refractivity contribution is 0.242. The molecule has 3 aromatic rings. The number of furan rings is 1. The molecule has 1 aromatic carbocycles. The van der Waals surface area contributed by atoms with Gasteiger partial charge in [-0.3, -0.25) is 9.69 Å².